The third-order valence-corrected chi connectivity index (χ3v) is 2.67. The summed E-state index contributed by atoms with van der Waals surface area (Å²) < 4.78 is 5.10. The monoisotopic (exact) mass is 217 g/mol. The van der Waals surface area contributed by atoms with Gasteiger partial charge in [0.2, 0.25) is 0 Å². The molecular weight excluding hydrogens is 202 g/mol. The summed E-state index contributed by atoms with van der Waals surface area (Å²) in [5, 5.41) is 0. The van der Waals surface area contributed by atoms with Gasteiger partial charge in [-0.25, -0.2) is 0 Å². The molecule has 0 aliphatic carbocycles. The minimum Gasteiger partial charge on any atom is -0.429 e. The predicted octanol–water partition coefficient (Wildman–Crippen LogP) is 1.63. The Morgan fingerprint density at radius 2 is 2.06 bits per heavy atom. The third kappa shape index (κ3) is 2.31. The Kier molecular flexibility index (Phi) is 3.06. The van der Waals surface area contributed by atoms with E-state index in [1.807, 2.05) is 37.3 Å². The van der Waals surface area contributed by atoms with Crippen molar-refractivity contribution in [1.82, 2.24) is 0 Å². The number of carbonyl (C=O) groups excluding carboxylic acids is 1. The number of hydrogen-bond donors (Lipinski definition) is 1. The van der Waals surface area contributed by atoms with Gasteiger partial charge < -0.3 is 10.5 Å². The maximum atomic E-state index is 11.2. The molecule has 1 aromatic carbocycles. The molecule has 2 atom stereocenters. The van der Waals surface area contributed by atoms with Gasteiger partial charge in [-0.15, -0.1) is 0 Å². The van der Waals surface area contributed by atoms with E-state index in [2.05, 4.69) is 0 Å². The molecule has 2 rings (SSSR count). The quantitative estimate of drug-likeness (QED) is 0.783. The number of carbonyl (C=O) groups is 1. The highest BCUT2D eigenvalue weighted by Crippen LogP contribution is 2.20. The van der Waals surface area contributed by atoms with Crippen LogP contribution in [0.5, 0.6) is 0 Å². The van der Waals surface area contributed by atoms with E-state index in [1.165, 1.54) is 0 Å². The van der Waals surface area contributed by atoms with Crippen LogP contribution in [-0.2, 0) is 16.0 Å². The van der Waals surface area contributed by atoms with Crippen molar-refractivity contribution in [1.29, 1.82) is 0 Å². The van der Waals surface area contributed by atoms with Crippen LogP contribution in [0.15, 0.2) is 42.2 Å². The molecule has 2 N–H and O–H groups in total. The maximum absolute atomic E-state index is 11.2. The number of cyclic esters (lactones) is 1. The molecule has 0 aromatic heterocycles. The van der Waals surface area contributed by atoms with Gasteiger partial charge in [0.05, 0.1) is 12.0 Å². The summed E-state index contributed by atoms with van der Waals surface area (Å²) in [6.45, 7) is 1.81. The minimum absolute atomic E-state index is 0.170. The van der Waals surface area contributed by atoms with E-state index in [9.17, 15) is 4.79 Å². The van der Waals surface area contributed by atoms with E-state index in [-0.39, 0.29) is 17.9 Å². The van der Waals surface area contributed by atoms with Crippen molar-refractivity contribution in [2.45, 2.75) is 19.4 Å². The molecule has 0 radical (unpaired) electrons. The molecule has 0 saturated heterocycles. The zero-order valence-corrected chi connectivity index (χ0v) is 9.22. The van der Waals surface area contributed by atoms with Crippen molar-refractivity contribution < 1.29 is 9.53 Å². The average molecular weight is 217 g/mol. The molecule has 3 nitrogen and oxygen atoms in total. The van der Waals surface area contributed by atoms with E-state index in [4.69, 9.17) is 10.5 Å². The molecule has 16 heavy (non-hydrogen) atoms. The topological polar surface area (TPSA) is 52.3 Å². The molecule has 0 fully saturated rings. The van der Waals surface area contributed by atoms with Crippen molar-refractivity contribution in [2.24, 2.45) is 11.7 Å². The summed E-state index contributed by atoms with van der Waals surface area (Å²) in [6.07, 6.45) is 2.49. The zero-order chi connectivity index (χ0) is 11.5. The molecule has 0 spiro atoms. The highest BCUT2D eigenvalue weighted by Gasteiger charge is 2.26. The van der Waals surface area contributed by atoms with Crippen molar-refractivity contribution in [3.05, 3.63) is 47.7 Å². The van der Waals surface area contributed by atoms with Crippen LogP contribution >= 0.6 is 0 Å². The molecule has 1 aliphatic heterocycles. The fourth-order valence-electron chi connectivity index (χ4n) is 1.73. The second kappa shape index (κ2) is 4.49. The van der Waals surface area contributed by atoms with Crippen LogP contribution in [0.4, 0.5) is 0 Å². The number of hydrogen-bond acceptors (Lipinski definition) is 3. The molecule has 0 saturated carbocycles. The first-order chi connectivity index (χ1) is 7.66. The largest absolute Gasteiger partial charge is 0.429 e. The number of rotatable bonds is 3. The van der Waals surface area contributed by atoms with Crippen molar-refractivity contribution in [3.8, 4) is 0 Å². The van der Waals surface area contributed by atoms with Crippen LogP contribution in [0.3, 0.4) is 0 Å². The lowest BCUT2D eigenvalue weighted by Gasteiger charge is -2.11. The van der Waals surface area contributed by atoms with Gasteiger partial charge in [0.15, 0.2) is 0 Å². The predicted molar refractivity (Wildman–Crippen MR) is 61.5 cm³/mol. The van der Waals surface area contributed by atoms with Crippen molar-refractivity contribution >= 4 is 5.97 Å². The van der Waals surface area contributed by atoms with Gasteiger partial charge in [0, 0.05) is 0 Å². The molecule has 1 heterocycles. The SMILES string of the molecule is CC1C=C(C(N)Cc2ccccc2)OC1=O. The summed E-state index contributed by atoms with van der Waals surface area (Å²) in [7, 11) is 0. The highest BCUT2D eigenvalue weighted by atomic mass is 16.5. The normalized spacial score (nSPS) is 21.5. The fourth-order valence-corrected chi connectivity index (χ4v) is 1.73. The Balaban J connectivity index is 2.02. The van der Waals surface area contributed by atoms with Gasteiger partial charge in [-0.1, -0.05) is 30.3 Å². The van der Waals surface area contributed by atoms with Crippen LogP contribution in [0.1, 0.15) is 12.5 Å². The molecule has 1 aromatic rings. The van der Waals surface area contributed by atoms with Crippen molar-refractivity contribution in [2.75, 3.05) is 0 Å². The van der Waals surface area contributed by atoms with Crippen LogP contribution in [0, 0.1) is 5.92 Å². The Labute approximate surface area is 94.9 Å². The molecule has 3 heteroatoms. The second-order valence-electron chi connectivity index (χ2n) is 4.08. The number of esters is 1. The lowest BCUT2D eigenvalue weighted by atomic mass is 10.0. The molecule has 84 valence electrons. The minimum atomic E-state index is -0.240. The number of benzene rings is 1. The summed E-state index contributed by atoms with van der Waals surface area (Å²) >= 11 is 0. The standard InChI is InChI=1S/C13H15NO2/c1-9-7-12(16-13(9)15)11(14)8-10-5-3-2-4-6-10/h2-7,9,11H,8,14H2,1H3. The Hall–Kier alpha value is -1.61. The van der Waals surface area contributed by atoms with Gasteiger partial charge in [0.25, 0.3) is 0 Å². The maximum Gasteiger partial charge on any atom is 0.317 e. The molecule has 2 unspecified atom stereocenters. The van der Waals surface area contributed by atoms with Gasteiger partial charge in [-0.3, -0.25) is 4.79 Å². The highest BCUT2D eigenvalue weighted by molar-refractivity contribution is 5.78. The van der Waals surface area contributed by atoms with E-state index >= 15 is 0 Å². The van der Waals surface area contributed by atoms with Crippen LogP contribution in [0.25, 0.3) is 0 Å². The van der Waals surface area contributed by atoms with Gasteiger partial charge in [0.1, 0.15) is 5.76 Å². The summed E-state index contributed by atoms with van der Waals surface area (Å²) in [5.41, 5.74) is 7.13. The third-order valence-electron chi connectivity index (χ3n) is 2.67. The van der Waals surface area contributed by atoms with Gasteiger partial charge in [-0.2, -0.15) is 0 Å². The molecule has 0 amide bonds. The summed E-state index contributed by atoms with van der Waals surface area (Å²) in [6, 6.07) is 9.70. The number of ether oxygens (including phenoxy) is 1. The first-order valence-corrected chi connectivity index (χ1v) is 5.39. The molecule has 1 aliphatic rings. The first-order valence-electron chi connectivity index (χ1n) is 5.39. The molecule has 0 bridgehead atoms. The number of nitrogens with two attached hydrogens (primary N) is 1. The smallest absolute Gasteiger partial charge is 0.317 e. The average Bonchev–Trinajstić information content (AvgIpc) is 2.61. The van der Waals surface area contributed by atoms with Gasteiger partial charge in [-0.05, 0) is 25.0 Å². The van der Waals surface area contributed by atoms with Crippen LogP contribution in [-0.4, -0.2) is 12.0 Å². The Morgan fingerprint density at radius 3 is 2.62 bits per heavy atom. The van der Waals surface area contributed by atoms with Crippen molar-refractivity contribution in [3.63, 3.8) is 0 Å². The van der Waals surface area contributed by atoms with Gasteiger partial charge >= 0.3 is 5.97 Å². The Morgan fingerprint density at radius 1 is 1.38 bits per heavy atom. The van der Waals surface area contributed by atoms with E-state index in [1.54, 1.807) is 6.08 Å². The lowest BCUT2D eigenvalue weighted by molar-refractivity contribution is -0.139. The lowest BCUT2D eigenvalue weighted by Crippen LogP contribution is -2.26. The fraction of sp³-hybridized carbons (Fsp3) is 0.308. The first kappa shape index (κ1) is 10.9. The zero-order valence-electron chi connectivity index (χ0n) is 9.22. The summed E-state index contributed by atoms with van der Waals surface area (Å²) in [4.78, 5) is 11.2. The van der Waals surface area contributed by atoms with Crippen LogP contribution < -0.4 is 5.73 Å². The van der Waals surface area contributed by atoms with E-state index in [0.717, 1.165) is 5.56 Å². The molecular formula is C13H15NO2. The Bertz CT molecular complexity index is 411. The van der Waals surface area contributed by atoms with E-state index < -0.39 is 0 Å². The summed E-state index contributed by atoms with van der Waals surface area (Å²) in [5.74, 6) is 0.219. The van der Waals surface area contributed by atoms with Crippen LogP contribution in [0.2, 0.25) is 0 Å². The second-order valence-corrected chi connectivity index (χ2v) is 4.08. The van der Waals surface area contributed by atoms with E-state index in [0.29, 0.717) is 12.2 Å².